The van der Waals surface area contributed by atoms with Crippen molar-refractivity contribution >= 4 is 6.09 Å². The van der Waals surface area contributed by atoms with E-state index in [2.05, 4.69) is 5.32 Å². The van der Waals surface area contributed by atoms with Gasteiger partial charge in [0, 0.05) is 19.1 Å². The van der Waals surface area contributed by atoms with Gasteiger partial charge in [-0.2, -0.15) is 0 Å². The predicted octanol–water partition coefficient (Wildman–Crippen LogP) is 1.61. The molecule has 0 spiro atoms. The molecule has 0 unspecified atom stereocenters. The summed E-state index contributed by atoms with van der Waals surface area (Å²) in [5.41, 5.74) is -0.393. The molecule has 92 valence electrons. The highest BCUT2D eigenvalue weighted by Crippen LogP contribution is 2.25. The molecule has 16 heavy (non-hydrogen) atoms. The van der Waals surface area contributed by atoms with E-state index >= 15 is 0 Å². The van der Waals surface area contributed by atoms with Crippen LogP contribution >= 0.6 is 0 Å². The average molecular weight is 226 g/mol. The molecule has 1 N–H and O–H groups in total. The molecule has 3 aliphatic heterocycles. The summed E-state index contributed by atoms with van der Waals surface area (Å²) in [6.07, 6.45) is 2.19. The molecular weight excluding hydrogens is 204 g/mol. The van der Waals surface area contributed by atoms with Gasteiger partial charge in [0.25, 0.3) is 0 Å². The number of ether oxygens (including phenoxy) is 1. The summed E-state index contributed by atoms with van der Waals surface area (Å²) in [6.45, 7) is 8.55. The Morgan fingerprint density at radius 3 is 2.75 bits per heavy atom. The third-order valence-electron chi connectivity index (χ3n) is 3.24. The molecule has 3 aliphatic rings. The van der Waals surface area contributed by atoms with Crippen LogP contribution in [0.5, 0.6) is 0 Å². The normalized spacial score (nSPS) is 30.1. The third-order valence-corrected chi connectivity index (χ3v) is 3.24. The first-order valence-corrected chi connectivity index (χ1v) is 6.16. The molecular formula is C12H22N2O2. The van der Waals surface area contributed by atoms with Crippen molar-refractivity contribution in [3.05, 3.63) is 0 Å². The predicted molar refractivity (Wildman–Crippen MR) is 62.3 cm³/mol. The van der Waals surface area contributed by atoms with Crippen LogP contribution in [0.3, 0.4) is 0 Å². The second kappa shape index (κ2) is 4.24. The van der Waals surface area contributed by atoms with Crippen molar-refractivity contribution in [2.45, 2.75) is 45.3 Å². The Morgan fingerprint density at radius 2 is 2.06 bits per heavy atom. The molecule has 3 rings (SSSR count). The van der Waals surface area contributed by atoms with Gasteiger partial charge < -0.3 is 15.0 Å². The Hall–Kier alpha value is -0.770. The van der Waals surface area contributed by atoms with Gasteiger partial charge in [0.1, 0.15) is 5.60 Å². The van der Waals surface area contributed by atoms with Crippen LogP contribution in [0.25, 0.3) is 0 Å². The molecule has 1 amide bonds. The van der Waals surface area contributed by atoms with Gasteiger partial charge in [-0.25, -0.2) is 4.79 Å². The monoisotopic (exact) mass is 226 g/mol. The molecule has 0 aliphatic carbocycles. The number of rotatable bonds is 0. The minimum Gasteiger partial charge on any atom is -0.444 e. The number of nitrogens with one attached hydrogen (secondary N) is 1. The van der Waals surface area contributed by atoms with E-state index < -0.39 is 5.60 Å². The minimum absolute atomic E-state index is 0.147. The van der Waals surface area contributed by atoms with Gasteiger partial charge in [-0.1, -0.05) is 0 Å². The van der Waals surface area contributed by atoms with Gasteiger partial charge in [-0.05, 0) is 46.1 Å². The van der Waals surface area contributed by atoms with Crippen molar-refractivity contribution in [3.8, 4) is 0 Å². The molecule has 0 aromatic carbocycles. The van der Waals surface area contributed by atoms with Gasteiger partial charge >= 0.3 is 6.09 Å². The number of amides is 1. The van der Waals surface area contributed by atoms with Crippen LogP contribution in [0.1, 0.15) is 33.6 Å². The van der Waals surface area contributed by atoms with E-state index in [4.69, 9.17) is 4.74 Å². The van der Waals surface area contributed by atoms with Crippen LogP contribution in [0.2, 0.25) is 0 Å². The van der Waals surface area contributed by atoms with E-state index in [1.165, 1.54) is 6.42 Å². The largest absolute Gasteiger partial charge is 0.444 e. The van der Waals surface area contributed by atoms with Crippen LogP contribution in [0.4, 0.5) is 4.79 Å². The topological polar surface area (TPSA) is 41.6 Å². The number of hydrogen-bond acceptors (Lipinski definition) is 3. The first kappa shape index (κ1) is 11.7. The first-order valence-electron chi connectivity index (χ1n) is 6.16. The maximum atomic E-state index is 12.0. The summed E-state index contributed by atoms with van der Waals surface area (Å²) in [4.78, 5) is 13.9. The second-order valence-corrected chi connectivity index (χ2v) is 5.89. The zero-order chi connectivity index (χ0) is 11.8. The first-order chi connectivity index (χ1) is 7.46. The molecule has 2 bridgehead atoms. The van der Waals surface area contributed by atoms with E-state index in [0.29, 0.717) is 12.0 Å². The van der Waals surface area contributed by atoms with Gasteiger partial charge in [0.05, 0.1) is 0 Å². The van der Waals surface area contributed by atoms with Crippen molar-refractivity contribution in [1.82, 2.24) is 10.2 Å². The molecule has 0 aromatic rings. The highest BCUT2D eigenvalue weighted by molar-refractivity contribution is 5.68. The van der Waals surface area contributed by atoms with Crippen LogP contribution < -0.4 is 5.32 Å². The van der Waals surface area contributed by atoms with Crippen LogP contribution in [-0.4, -0.2) is 42.3 Å². The number of fused-ring (bicyclic) bond motifs is 4. The lowest BCUT2D eigenvalue weighted by Crippen LogP contribution is -2.49. The molecule has 3 heterocycles. The summed E-state index contributed by atoms with van der Waals surface area (Å²) in [5.74, 6) is 0.603. The Kier molecular flexibility index (Phi) is 3.10. The maximum Gasteiger partial charge on any atom is 0.410 e. The number of piperidine rings is 1. The average Bonchev–Trinajstić information content (AvgIpc) is 2.48. The fourth-order valence-electron chi connectivity index (χ4n) is 2.48. The fourth-order valence-corrected chi connectivity index (χ4v) is 2.48. The zero-order valence-electron chi connectivity index (χ0n) is 10.5. The molecule has 4 heteroatoms. The molecule has 0 aromatic heterocycles. The lowest BCUT2D eigenvalue weighted by molar-refractivity contribution is 0.00801. The van der Waals surface area contributed by atoms with E-state index in [1.54, 1.807) is 0 Å². The number of carbonyl (C=O) groups is 1. The van der Waals surface area contributed by atoms with Crippen LogP contribution in [0.15, 0.2) is 0 Å². The van der Waals surface area contributed by atoms with Gasteiger partial charge in [0.2, 0.25) is 0 Å². The molecule has 3 fully saturated rings. The standard InChI is InChI=1S/C12H22N2O2/c1-12(2,3)16-11(15)14-8-9-4-5-10(14)7-13-6-9/h9-10,13H,4-8H2,1-3H3/t9-,10-/m0/s1. The van der Waals surface area contributed by atoms with Crippen molar-refractivity contribution < 1.29 is 9.53 Å². The number of nitrogens with zero attached hydrogens (tertiary/aromatic N) is 1. The van der Waals surface area contributed by atoms with E-state index in [-0.39, 0.29) is 6.09 Å². The van der Waals surface area contributed by atoms with Crippen LogP contribution in [-0.2, 0) is 4.74 Å². The summed E-state index contributed by atoms with van der Waals surface area (Å²) in [7, 11) is 0. The molecule has 3 saturated heterocycles. The van der Waals surface area contributed by atoms with Crippen molar-refractivity contribution in [2.75, 3.05) is 19.6 Å². The summed E-state index contributed by atoms with van der Waals surface area (Å²) in [6, 6.07) is 0.327. The SMILES string of the molecule is CC(C)(C)OC(=O)N1C[C@H]2CC[C@H]1CNC2. The van der Waals surface area contributed by atoms with E-state index in [0.717, 1.165) is 26.1 Å². The molecule has 2 atom stereocenters. The van der Waals surface area contributed by atoms with Gasteiger partial charge in [-0.3, -0.25) is 0 Å². The Bertz CT molecular complexity index is 269. The molecule has 0 saturated carbocycles. The zero-order valence-corrected chi connectivity index (χ0v) is 10.5. The fraction of sp³-hybridized carbons (Fsp3) is 0.917. The summed E-state index contributed by atoms with van der Waals surface area (Å²) < 4.78 is 5.44. The van der Waals surface area contributed by atoms with Crippen molar-refractivity contribution in [1.29, 1.82) is 0 Å². The Labute approximate surface area is 97.3 Å². The summed E-state index contributed by atoms with van der Waals surface area (Å²) >= 11 is 0. The van der Waals surface area contributed by atoms with Crippen molar-refractivity contribution in [2.24, 2.45) is 5.92 Å². The molecule has 4 nitrogen and oxygen atoms in total. The van der Waals surface area contributed by atoms with Crippen LogP contribution in [0, 0.1) is 5.92 Å². The van der Waals surface area contributed by atoms with E-state index in [9.17, 15) is 4.79 Å². The van der Waals surface area contributed by atoms with Crippen molar-refractivity contribution in [3.63, 3.8) is 0 Å². The highest BCUT2D eigenvalue weighted by Gasteiger charge is 2.36. The van der Waals surface area contributed by atoms with E-state index in [1.807, 2.05) is 25.7 Å². The second-order valence-electron chi connectivity index (χ2n) is 5.89. The summed E-state index contributed by atoms with van der Waals surface area (Å²) in [5, 5.41) is 3.41. The smallest absolute Gasteiger partial charge is 0.410 e. The lowest BCUT2D eigenvalue weighted by Gasteiger charge is -2.37. The minimum atomic E-state index is -0.393. The third kappa shape index (κ3) is 2.67. The van der Waals surface area contributed by atoms with Gasteiger partial charge in [-0.15, -0.1) is 0 Å². The maximum absolute atomic E-state index is 12.0. The Morgan fingerprint density at radius 1 is 1.31 bits per heavy atom. The van der Waals surface area contributed by atoms with Gasteiger partial charge in [0.15, 0.2) is 0 Å². The number of carbonyl (C=O) groups excluding carboxylic acids is 1. The number of hydrogen-bond donors (Lipinski definition) is 1. The quantitative estimate of drug-likeness (QED) is 0.682. The highest BCUT2D eigenvalue weighted by atomic mass is 16.6. The molecule has 0 radical (unpaired) electrons. The Balaban J connectivity index is 2.01. The lowest BCUT2D eigenvalue weighted by atomic mass is 9.95.